The molecule has 6 heteroatoms. The van der Waals surface area contributed by atoms with Gasteiger partial charge in [0.05, 0.1) is 5.60 Å². The van der Waals surface area contributed by atoms with E-state index in [1.54, 1.807) is 0 Å². The van der Waals surface area contributed by atoms with Crippen LogP contribution in [0.15, 0.2) is 28.7 Å². The number of likely N-dealkylation sites (tertiary alicyclic amines) is 1. The zero-order valence-corrected chi connectivity index (χ0v) is 20.1. The zero-order valence-electron chi connectivity index (χ0n) is 20.1. The molecule has 0 radical (unpaired) electrons. The van der Waals surface area contributed by atoms with Crippen molar-refractivity contribution in [3.8, 4) is 0 Å². The van der Waals surface area contributed by atoms with E-state index in [4.69, 9.17) is 4.42 Å². The number of hydrogen-bond donors (Lipinski definition) is 1. The number of fused-ring (bicyclic) bond motifs is 1. The van der Waals surface area contributed by atoms with Crippen LogP contribution >= 0.6 is 0 Å². The number of furan rings is 1. The predicted octanol–water partition coefficient (Wildman–Crippen LogP) is 4.07. The van der Waals surface area contributed by atoms with Crippen LogP contribution in [0.1, 0.15) is 67.5 Å². The van der Waals surface area contributed by atoms with Gasteiger partial charge in [-0.1, -0.05) is 25.3 Å². The number of piperidine rings is 1. The van der Waals surface area contributed by atoms with Crippen molar-refractivity contribution in [2.45, 2.75) is 57.0 Å². The Morgan fingerprint density at radius 3 is 2.58 bits per heavy atom. The second-order valence-electron chi connectivity index (χ2n) is 10.6. The lowest BCUT2D eigenvalue weighted by atomic mass is 9.83. The molecule has 33 heavy (non-hydrogen) atoms. The van der Waals surface area contributed by atoms with Crippen LogP contribution in [0, 0.1) is 5.92 Å². The van der Waals surface area contributed by atoms with Gasteiger partial charge >= 0.3 is 0 Å². The fourth-order valence-corrected chi connectivity index (χ4v) is 5.97. The van der Waals surface area contributed by atoms with Crippen LogP contribution in [0.2, 0.25) is 0 Å². The van der Waals surface area contributed by atoms with Crippen LogP contribution in [0.5, 0.6) is 0 Å². The van der Waals surface area contributed by atoms with E-state index in [0.29, 0.717) is 11.3 Å². The Balaban J connectivity index is 1.25. The molecule has 5 rings (SSSR count). The third-order valence-corrected chi connectivity index (χ3v) is 8.20. The molecule has 2 saturated heterocycles. The van der Waals surface area contributed by atoms with Gasteiger partial charge in [-0.05, 0) is 75.4 Å². The first-order valence-electron chi connectivity index (χ1n) is 13.0. The molecule has 3 aliphatic rings. The van der Waals surface area contributed by atoms with E-state index in [2.05, 4.69) is 16.8 Å². The Labute approximate surface area is 197 Å². The molecule has 0 atom stereocenters. The standard InChI is InChI=1S/C27H39N3O3/c1-28-12-5-13-30(17-16-28)26(31)25-19-22-18-23(8-9-24(22)33-25)27(32)10-14-29(15-11-27)20-21-6-3-2-4-7-21/h8-9,18-19,21,32H,2-7,10-17,20H2,1H3. The molecule has 2 aromatic rings. The molecular formula is C27H39N3O3. The topological polar surface area (TPSA) is 60.2 Å². The fraction of sp³-hybridized carbons (Fsp3) is 0.667. The largest absolute Gasteiger partial charge is 0.451 e. The van der Waals surface area contributed by atoms with Crippen LogP contribution in [-0.4, -0.2) is 78.6 Å². The smallest absolute Gasteiger partial charge is 0.289 e. The molecule has 1 aliphatic carbocycles. The molecule has 0 unspecified atom stereocenters. The Bertz CT molecular complexity index is 957. The summed E-state index contributed by atoms with van der Waals surface area (Å²) in [5.74, 6) is 1.21. The van der Waals surface area contributed by atoms with Crippen LogP contribution in [-0.2, 0) is 5.60 Å². The highest BCUT2D eigenvalue weighted by Crippen LogP contribution is 2.36. The Morgan fingerprint density at radius 1 is 1.00 bits per heavy atom. The van der Waals surface area contributed by atoms with Crippen molar-refractivity contribution in [3.05, 3.63) is 35.6 Å². The molecule has 1 amide bonds. The summed E-state index contributed by atoms with van der Waals surface area (Å²) in [6, 6.07) is 7.79. The number of aliphatic hydroxyl groups is 1. The summed E-state index contributed by atoms with van der Waals surface area (Å²) in [6.07, 6.45) is 9.40. The zero-order chi connectivity index (χ0) is 22.8. The highest BCUT2D eigenvalue weighted by Gasteiger charge is 2.35. The third-order valence-electron chi connectivity index (χ3n) is 8.20. The molecule has 0 bridgehead atoms. The number of hydrogen-bond acceptors (Lipinski definition) is 5. The van der Waals surface area contributed by atoms with Crippen molar-refractivity contribution in [2.24, 2.45) is 5.92 Å². The minimum Gasteiger partial charge on any atom is -0.451 e. The van der Waals surface area contributed by atoms with Gasteiger partial charge in [-0.15, -0.1) is 0 Å². The minimum atomic E-state index is -0.798. The Morgan fingerprint density at radius 2 is 1.79 bits per heavy atom. The van der Waals surface area contributed by atoms with Crippen molar-refractivity contribution in [1.29, 1.82) is 0 Å². The van der Waals surface area contributed by atoms with Gasteiger partial charge in [-0.3, -0.25) is 4.79 Å². The van der Waals surface area contributed by atoms with Crippen molar-refractivity contribution in [3.63, 3.8) is 0 Å². The molecule has 3 heterocycles. The lowest BCUT2D eigenvalue weighted by molar-refractivity contribution is -0.0296. The van der Waals surface area contributed by atoms with E-state index in [-0.39, 0.29) is 5.91 Å². The summed E-state index contributed by atoms with van der Waals surface area (Å²) in [5, 5.41) is 12.4. The van der Waals surface area contributed by atoms with E-state index in [9.17, 15) is 9.90 Å². The molecule has 2 aliphatic heterocycles. The molecule has 1 N–H and O–H groups in total. The van der Waals surface area contributed by atoms with Gasteiger partial charge in [0.25, 0.3) is 5.91 Å². The van der Waals surface area contributed by atoms with Crippen LogP contribution < -0.4 is 0 Å². The number of nitrogens with zero attached hydrogens (tertiary/aromatic N) is 3. The van der Waals surface area contributed by atoms with Crippen LogP contribution in [0.4, 0.5) is 0 Å². The van der Waals surface area contributed by atoms with E-state index in [0.717, 1.165) is 75.4 Å². The summed E-state index contributed by atoms with van der Waals surface area (Å²) in [7, 11) is 2.10. The van der Waals surface area contributed by atoms with Gasteiger partial charge < -0.3 is 24.2 Å². The Kier molecular flexibility index (Phi) is 6.77. The first kappa shape index (κ1) is 22.9. The first-order chi connectivity index (χ1) is 16.0. The van der Waals surface area contributed by atoms with Crippen molar-refractivity contribution >= 4 is 16.9 Å². The summed E-state index contributed by atoms with van der Waals surface area (Å²) in [4.78, 5) is 19.8. The quantitative estimate of drug-likeness (QED) is 0.756. The number of amides is 1. The summed E-state index contributed by atoms with van der Waals surface area (Å²) in [5.41, 5.74) is 0.865. The van der Waals surface area contributed by atoms with Gasteiger partial charge in [0.2, 0.25) is 0 Å². The summed E-state index contributed by atoms with van der Waals surface area (Å²) in [6.45, 7) is 6.49. The molecule has 0 spiro atoms. The fourth-order valence-electron chi connectivity index (χ4n) is 5.97. The molecule has 1 saturated carbocycles. The van der Waals surface area contributed by atoms with Gasteiger partial charge in [-0.2, -0.15) is 0 Å². The normalized spacial score (nSPS) is 23.6. The number of carbonyl (C=O) groups excluding carboxylic acids is 1. The van der Waals surface area contributed by atoms with E-state index in [1.165, 1.54) is 38.6 Å². The molecule has 1 aromatic heterocycles. The predicted molar refractivity (Wildman–Crippen MR) is 130 cm³/mol. The van der Waals surface area contributed by atoms with Crippen molar-refractivity contribution < 1.29 is 14.3 Å². The molecule has 3 fully saturated rings. The van der Waals surface area contributed by atoms with Gasteiger partial charge in [0.15, 0.2) is 5.76 Å². The molecule has 1 aromatic carbocycles. The number of carbonyl (C=O) groups is 1. The lowest BCUT2D eigenvalue weighted by Gasteiger charge is -2.40. The lowest BCUT2D eigenvalue weighted by Crippen LogP contribution is -2.44. The van der Waals surface area contributed by atoms with Crippen molar-refractivity contribution in [1.82, 2.24) is 14.7 Å². The maximum atomic E-state index is 13.0. The second kappa shape index (κ2) is 9.77. The van der Waals surface area contributed by atoms with Crippen LogP contribution in [0.25, 0.3) is 11.0 Å². The van der Waals surface area contributed by atoms with E-state index in [1.807, 2.05) is 29.2 Å². The number of rotatable bonds is 4. The minimum absolute atomic E-state index is 0.0298. The highest BCUT2D eigenvalue weighted by molar-refractivity contribution is 5.96. The van der Waals surface area contributed by atoms with Crippen molar-refractivity contribution in [2.75, 3.05) is 52.9 Å². The average Bonchev–Trinajstić information content (AvgIpc) is 3.14. The van der Waals surface area contributed by atoms with Gasteiger partial charge in [0.1, 0.15) is 5.58 Å². The van der Waals surface area contributed by atoms with Gasteiger partial charge in [0, 0.05) is 44.7 Å². The average molecular weight is 454 g/mol. The second-order valence-corrected chi connectivity index (χ2v) is 10.6. The van der Waals surface area contributed by atoms with E-state index >= 15 is 0 Å². The molecular weight excluding hydrogens is 414 g/mol. The highest BCUT2D eigenvalue weighted by atomic mass is 16.3. The molecule has 180 valence electrons. The summed E-state index contributed by atoms with van der Waals surface area (Å²) >= 11 is 0. The SMILES string of the molecule is CN1CCCN(C(=O)c2cc3cc(C4(O)CCN(CC5CCCCC5)CC4)ccc3o2)CC1. The van der Waals surface area contributed by atoms with Gasteiger partial charge in [-0.25, -0.2) is 0 Å². The maximum Gasteiger partial charge on any atom is 0.289 e. The monoisotopic (exact) mass is 453 g/mol. The molecule has 6 nitrogen and oxygen atoms in total. The first-order valence-corrected chi connectivity index (χ1v) is 13.0. The van der Waals surface area contributed by atoms with E-state index < -0.39 is 5.60 Å². The number of benzene rings is 1. The number of likely N-dealkylation sites (N-methyl/N-ethyl adjacent to an activating group) is 1. The third kappa shape index (κ3) is 5.13. The Hall–Kier alpha value is -1.89. The summed E-state index contributed by atoms with van der Waals surface area (Å²) < 4.78 is 5.93. The van der Waals surface area contributed by atoms with Crippen LogP contribution in [0.3, 0.4) is 0 Å². The maximum absolute atomic E-state index is 13.0.